The van der Waals surface area contributed by atoms with E-state index in [1.54, 1.807) is 12.1 Å². The number of halogens is 2. The maximum Gasteiger partial charge on any atom is 0.227 e. The van der Waals surface area contributed by atoms with Crippen molar-refractivity contribution in [3.8, 4) is 11.5 Å². The fourth-order valence-electron chi connectivity index (χ4n) is 2.86. The number of hydrogen-bond acceptors (Lipinski definition) is 4. The predicted octanol–water partition coefficient (Wildman–Crippen LogP) is 2.99. The average Bonchev–Trinajstić information content (AvgIpc) is 2.48. The van der Waals surface area contributed by atoms with Crippen LogP contribution >= 0.6 is 24.0 Å². The minimum Gasteiger partial charge on any atom is -0.486 e. The van der Waals surface area contributed by atoms with E-state index < -0.39 is 0 Å². The molecule has 1 aliphatic carbocycles. The van der Waals surface area contributed by atoms with Gasteiger partial charge < -0.3 is 20.5 Å². The molecule has 0 aromatic heterocycles. The first-order valence-corrected chi connectivity index (χ1v) is 7.67. The van der Waals surface area contributed by atoms with E-state index in [1.807, 2.05) is 0 Å². The van der Waals surface area contributed by atoms with Gasteiger partial charge in [-0.25, -0.2) is 0 Å². The molecule has 3 N–H and O–H groups in total. The van der Waals surface area contributed by atoms with E-state index in [0.717, 1.165) is 25.7 Å². The highest BCUT2D eigenvalue weighted by Gasteiger charge is 2.26. The summed E-state index contributed by atoms with van der Waals surface area (Å²) in [6, 6.07) is 3.51. The number of amides is 1. The monoisotopic (exact) mass is 346 g/mol. The Morgan fingerprint density at radius 2 is 1.91 bits per heavy atom. The van der Waals surface area contributed by atoms with Gasteiger partial charge in [0.1, 0.15) is 13.2 Å². The normalized spacial score (nSPS) is 23.4. The van der Waals surface area contributed by atoms with Crippen LogP contribution in [0.2, 0.25) is 5.02 Å². The second-order valence-corrected chi connectivity index (χ2v) is 6.00. The Bertz CT molecular complexity index is 554. The smallest absolute Gasteiger partial charge is 0.227 e. The van der Waals surface area contributed by atoms with Crippen LogP contribution in [0.3, 0.4) is 0 Å². The SMILES string of the molecule is Cl.NC1CCCC(C(=O)Nc2cc3c(cc2Cl)OCCO3)C1. The lowest BCUT2D eigenvalue weighted by Gasteiger charge is -2.26. The Labute approximate surface area is 140 Å². The molecule has 1 amide bonds. The third-order valence-corrected chi connectivity index (χ3v) is 4.29. The topological polar surface area (TPSA) is 73.6 Å². The van der Waals surface area contributed by atoms with E-state index in [4.69, 9.17) is 26.8 Å². The molecule has 2 atom stereocenters. The number of fused-ring (bicyclic) bond motifs is 1. The number of anilines is 1. The van der Waals surface area contributed by atoms with Gasteiger partial charge in [-0.1, -0.05) is 18.0 Å². The van der Waals surface area contributed by atoms with Crippen molar-refractivity contribution in [2.24, 2.45) is 11.7 Å². The number of benzene rings is 1. The molecular weight excluding hydrogens is 327 g/mol. The number of rotatable bonds is 2. The first-order chi connectivity index (χ1) is 10.1. The lowest BCUT2D eigenvalue weighted by Crippen LogP contribution is -2.34. The van der Waals surface area contributed by atoms with Gasteiger partial charge in [-0.2, -0.15) is 0 Å². The summed E-state index contributed by atoms with van der Waals surface area (Å²) in [5.41, 5.74) is 6.49. The van der Waals surface area contributed by atoms with E-state index in [9.17, 15) is 4.79 Å². The molecule has 5 nitrogen and oxygen atoms in total. The molecule has 0 bridgehead atoms. The van der Waals surface area contributed by atoms with Crippen molar-refractivity contribution in [1.82, 2.24) is 0 Å². The van der Waals surface area contributed by atoms with E-state index in [0.29, 0.717) is 35.4 Å². The zero-order valence-corrected chi connectivity index (χ0v) is 13.7. The second-order valence-electron chi connectivity index (χ2n) is 5.59. The van der Waals surface area contributed by atoms with E-state index >= 15 is 0 Å². The van der Waals surface area contributed by atoms with Gasteiger partial charge in [-0.3, -0.25) is 4.79 Å². The molecule has 2 unspecified atom stereocenters. The number of nitrogens with one attached hydrogen (secondary N) is 1. The largest absolute Gasteiger partial charge is 0.486 e. The summed E-state index contributed by atoms with van der Waals surface area (Å²) in [4.78, 5) is 12.3. The van der Waals surface area contributed by atoms with Gasteiger partial charge in [-0.15, -0.1) is 12.4 Å². The molecule has 2 aliphatic rings. The van der Waals surface area contributed by atoms with E-state index in [2.05, 4.69) is 5.32 Å². The summed E-state index contributed by atoms with van der Waals surface area (Å²) < 4.78 is 11.0. The fourth-order valence-corrected chi connectivity index (χ4v) is 3.06. The van der Waals surface area contributed by atoms with Crippen LogP contribution in [0.25, 0.3) is 0 Å². The van der Waals surface area contributed by atoms with E-state index in [-0.39, 0.29) is 30.3 Å². The number of carbonyl (C=O) groups excluding carboxylic acids is 1. The Balaban J connectivity index is 0.00000176. The molecule has 0 radical (unpaired) electrons. The van der Waals surface area contributed by atoms with Gasteiger partial charge in [0.25, 0.3) is 0 Å². The van der Waals surface area contributed by atoms with Crippen LogP contribution in [0, 0.1) is 5.92 Å². The van der Waals surface area contributed by atoms with Gasteiger partial charge in [0.15, 0.2) is 11.5 Å². The quantitative estimate of drug-likeness (QED) is 0.863. The molecule has 22 heavy (non-hydrogen) atoms. The third kappa shape index (κ3) is 3.77. The third-order valence-electron chi connectivity index (χ3n) is 3.98. The highest BCUT2D eigenvalue weighted by molar-refractivity contribution is 6.34. The van der Waals surface area contributed by atoms with Crippen LogP contribution in [-0.4, -0.2) is 25.2 Å². The maximum atomic E-state index is 12.3. The maximum absolute atomic E-state index is 12.3. The van der Waals surface area contributed by atoms with Crippen molar-refractivity contribution >= 4 is 35.6 Å². The Hall–Kier alpha value is -1.17. The van der Waals surface area contributed by atoms with Gasteiger partial charge in [0.2, 0.25) is 5.91 Å². The Morgan fingerprint density at radius 3 is 2.59 bits per heavy atom. The molecule has 1 aliphatic heterocycles. The van der Waals surface area contributed by atoms with Crippen LogP contribution in [0.1, 0.15) is 25.7 Å². The van der Waals surface area contributed by atoms with Crippen molar-refractivity contribution in [3.05, 3.63) is 17.2 Å². The van der Waals surface area contributed by atoms with Crippen molar-refractivity contribution < 1.29 is 14.3 Å². The van der Waals surface area contributed by atoms with E-state index in [1.165, 1.54) is 0 Å². The minimum absolute atomic E-state index is 0. The minimum atomic E-state index is -0.0435. The Morgan fingerprint density at radius 1 is 1.23 bits per heavy atom. The Kier molecular flexibility index (Phi) is 5.78. The van der Waals surface area contributed by atoms with Crippen molar-refractivity contribution in [3.63, 3.8) is 0 Å². The predicted molar refractivity (Wildman–Crippen MR) is 88.3 cm³/mol. The van der Waals surface area contributed by atoms with Crippen LogP contribution in [0.15, 0.2) is 12.1 Å². The molecule has 1 aromatic rings. The number of carbonyl (C=O) groups is 1. The van der Waals surface area contributed by atoms with Crippen molar-refractivity contribution in [1.29, 1.82) is 0 Å². The summed E-state index contributed by atoms with van der Waals surface area (Å²) >= 11 is 6.20. The summed E-state index contributed by atoms with van der Waals surface area (Å²) in [6.45, 7) is 1.01. The first-order valence-electron chi connectivity index (χ1n) is 7.29. The summed E-state index contributed by atoms with van der Waals surface area (Å²) in [5, 5.41) is 3.34. The van der Waals surface area contributed by atoms with Crippen LogP contribution in [0.5, 0.6) is 11.5 Å². The number of hydrogen-bond donors (Lipinski definition) is 2. The molecule has 1 saturated carbocycles. The molecule has 1 fully saturated rings. The highest BCUT2D eigenvalue weighted by atomic mass is 35.5. The van der Waals surface area contributed by atoms with Crippen molar-refractivity contribution in [2.75, 3.05) is 18.5 Å². The van der Waals surface area contributed by atoms with Crippen LogP contribution in [0.4, 0.5) is 5.69 Å². The molecule has 0 spiro atoms. The lowest BCUT2D eigenvalue weighted by atomic mass is 9.85. The summed E-state index contributed by atoms with van der Waals surface area (Å²) in [5.74, 6) is 1.16. The summed E-state index contributed by atoms with van der Waals surface area (Å²) in [7, 11) is 0. The zero-order chi connectivity index (χ0) is 14.8. The molecule has 0 saturated heterocycles. The fraction of sp³-hybridized carbons (Fsp3) is 0.533. The molecule has 3 rings (SSSR count). The van der Waals surface area contributed by atoms with Crippen LogP contribution < -0.4 is 20.5 Å². The standard InChI is InChI=1S/C15H19ClN2O3.ClH/c16-11-7-13-14(21-5-4-20-13)8-12(11)18-15(19)9-2-1-3-10(17)6-9;/h7-10H,1-6,17H2,(H,18,19);1H. The molecular formula is C15H20Cl2N2O3. The molecule has 1 aromatic carbocycles. The molecule has 122 valence electrons. The van der Waals surface area contributed by atoms with Gasteiger partial charge in [-0.05, 0) is 19.3 Å². The average molecular weight is 347 g/mol. The lowest BCUT2D eigenvalue weighted by molar-refractivity contribution is -0.120. The first kappa shape index (κ1) is 17.2. The zero-order valence-electron chi connectivity index (χ0n) is 12.1. The number of nitrogens with two attached hydrogens (primary N) is 1. The summed E-state index contributed by atoms with van der Waals surface area (Å²) in [6.07, 6.45) is 3.60. The molecule has 7 heteroatoms. The van der Waals surface area contributed by atoms with Gasteiger partial charge >= 0.3 is 0 Å². The van der Waals surface area contributed by atoms with Gasteiger partial charge in [0, 0.05) is 24.1 Å². The number of ether oxygens (including phenoxy) is 2. The van der Waals surface area contributed by atoms with Crippen molar-refractivity contribution in [2.45, 2.75) is 31.7 Å². The van der Waals surface area contributed by atoms with Gasteiger partial charge in [0.05, 0.1) is 10.7 Å². The van der Waals surface area contributed by atoms with Crippen LogP contribution in [-0.2, 0) is 4.79 Å². The highest BCUT2D eigenvalue weighted by Crippen LogP contribution is 2.38. The second kappa shape index (κ2) is 7.40. The molecule has 1 heterocycles.